The number of hydrogen-bond donors (Lipinski definition) is 0. The van der Waals surface area contributed by atoms with E-state index in [0.717, 1.165) is 44.7 Å². The second-order valence-corrected chi connectivity index (χ2v) is 6.10. The zero-order valence-electron chi connectivity index (χ0n) is 11.8. The Kier molecular flexibility index (Phi) is 3.13. The molecular formula is C15H22N2O2. The summed E-state index contributed by atoms with van der Waals surface area (Å²) in [6, 6.07) is 3.81. The predicted octanol–water partition coefficient (Wildman–Crippen LogP) is 2.06. The van der Waals surface area contributed by atoms with Gasteiger partial charge >= 0.3 is 0 Å². The Morgan fingerprint density at radius 3 is 2.68 bits per heavy atom. The van der Waals surface area contributed by atoms with Gasteiger partial charge in [-0.1, -0.05) is 6.92 Å². The topological polar surface area (TPSA) is 34.5 Å². The monoisotopic (exact) mass is 262 g/mol. The van der Waals surface area contributed by atoms with E-state index in [4.69, 9.17) is 4.74 Å². The number of aryl methyl sites for hydroxylation is 1. The van der Waals surface area contributed by atoms with Crippen molar-refractivity contribution in [2.75, 3.05) is 19.7 Å². The highest BCUT2D eigenvalue weighted by molar-refractivity contribution is 5.92. The Morgan fingerprint density at radius 2 is 2.16 bits per heavy atom. The van der Waals surface area contributed by atoms with Crippen LogP contribution in [0.3, 0.4) is 0 Å². The third kappa shape index (κ3) is 2.29. The van der Waals surface area contributed by atoms with Crippen molar-refractivity contribution in [3.8, 4) is 0 Å². The van der Waals surface area contributed by atoms with Crippen LogP contribution in [0.1, 0.15) is 36.7 Å². The lowest BCUT2D eigenvalue weighted by atomic mass is 9.86. The van der Waals surface area contributed by atoms with Crippen molar-refractivity contribution >= 4 is 5.91 Å². The predicted molar refractivity (Wildman–Crippen MR) is 73.0 cm³/mol. The Hall–Kier alpha value is -1.29. The van der Waals surface area contributed by atoms with E-state index in [1.807, 2.05) is 34.8 Å². The molecule has 1 aromatic rings. The molecule has 0 bridgehead atoms. The number of hydrogen-bond acceptors (Lipinski definition) is 2. The molecule has 2 aliphatic rings. The maximum atomic E-state index is 12.4. The molecule has 4 heteroatoms. The smallest absolute Gasteiger partial charge is 0.270 e. The quantitative estimate of drug-likeness (QED) is 0.776. The van der Waals surface area contributed by atoms with Crippen LogP contribution in [0.2, 0.25) is 0 Å². The Morgan fingerprint density at radius 1 is 1.42 bits per heavy atom. The first kappa shape index (κ1) is 12.7. The summed E-state index contributed by atoms with van der Waals surface area (Å²) in [4.78, 5) is 14.4. The fraction of sp³-hybridized carbons (Fsp3) is 0.667. The molecule has 2 fully saturated rings. The Balaban J connectivity index is 1.64. The summed E-state index contributed by atoms with van der Waals surface area (Å²) in [5.74, 6) is 0.809. The van der Waals surface area contributed by atoms with E-state index >= 15 is 0 Å². The SMILES string of the molecule is C[C@H]1COC2(CCN(C(=O)c3cccn3C)CC2)C1. The van der Waals surface area contributed by atoms with Gasteiger partial charge in [-0.3, -0.25) is 4.79 Å². The van der Waals surface area contributed by atoms with Crippen molar-refractivity contribution in [3.05, 3.63) is 24.0 Å². The van der Waals surface area contributed by atoms with Crippen molar-refractivity contribution < 1.29 is 9.53 Å². The first-order chi connectivity index (χ1) is 9.10. The van der Waals surface area contributed by atoms with Crippen LogP contribution in [-0.2, 0) is 11.8 Å². The Bertz CT molecular complexity index is 472. The summed E-state index contributed by atoms with van der Waals surface area (Å²) in [6.07, 6.45) is 5.03. The van der Waals surface area contributed by atoms with Crippen molar-refractivity contribution in [1.82, 2.24) is 9.47 Å². The maximum absolute atomic E-state index is 12.4. The molecule has 0 aromatic carbocycles. The minimum Gasteiger partial charge on any atom is -0.375 e. The molecule has 0 saturated carbocycles. The van der Waals surface area contributed by atoms with Gasteiger partial charge in [0.2, 0.25) is 0 Å². The fourth-order valence-corrected chi connectivity index (χ4v) is 3.38. The summed E-state index contributed by atoms with van der Waals surface area (Å²) in [5.41, 5.74) is 0.835. The molecule has 0 radical (unpaired) electrons. The van der Waals surface area contributed by atoms with Crippen LogP contribution in [0.5, 0.6) is 0 Å². The van der Waals surface area contributed by atoms with Crippen molar-refractivity contribution in [3.63, 3.8) is 0 Å². The minimum atomic E-state index is 0.0599. The van der Waals surface area contributed by atoms with E-state index in [1.165, 1.54) is 0 Å². The van der Waals surface area contributed by atoms with Gasteiger partial charge in [0.25, 0.3) is 5.91 Å². The number of ether oxygens (including phenoxy) is 1. The molecule has 0 aliphatic carbocycles. The van der Waals surface area contributed by atoms with Crippen molar-refractivity contribution in [2.45, 2.75) is 31.8 Å². The van der Waals surface area contributed by atoms with Gasteiger partial charge in [0.15, 0.2) is 0 Å². The highest BCUT2D eigenvalue weighted by Gasteiger charge is 2.42. The number of piperidine rings is 1. The molecule has 3 rings (SSSR count). The lowest BCUT2D eigenvalue weighted by Crippen LogP contribution is -2.46. The summed E-state index contributed by atoms with van der Waals surface area (Å²) in [7, 11) is 1.92. The lowest BCUT2D eigenvalue weighted by Gasteiger charge is -2.38. The number of carbonyl (C=O) groups excluding carboxylic acids is 1. The molecule has 0 unspecified atom stereocenters. The van der Waals surface area contributed by atoms with Crippen molar-refractivity contribution in [2.24, 2.45) is 13.0 Å². The van der Waals surface area contributed by atoms with Crippen LogP contribution < -0.4 is 0 Å². The maximum Gasteiger partial charge on any atom is 0.270 e. The van der Waals surface area contributed by atoms with E-state index < -0.39 is 0 Å². The number of likely N-dealkylation sites (tertiary alicyclic amines) is 1. The molecule has 19 heavy (non-hydrogen) atoms. The van der Waals surface area contributed by atoms with E-state index in [-0.39, 0.29) is 11.5 Å². The van der Waals surface area contributed by atoms with E-state index in [1.54, 1.807) is 0 Å². The third-order valence-corrected chi connectivity index (χ3v) is 4.52. The van der Waals surface area contributed by atoms with Crippen LogP contribution in [-0.4, -0.2) is 40.7 Å². The molecule has 4 nitrogen and oxygen atoms in total. The highest BCUT2D eigenvalue weighted by Crippen LogP contribution is 2.38. The highest BCUT2D eigenvalue weighted by atomic mass is 16.5. The van der Waals surface area contributed by atoms with Crippen LogP contribution >= 0.6 is 0 Å². The van der Waals surface area contributed by atoms with E-state index in [9.17, 15) is 4.79 Å². The largest absolute Gasteiger partial charge is 0.375 e. The van der Waals surface area contributed by atoms with E-state index in [2.05, 4.69) is 6.92 Å². The summed E-state index contributed by atoms with van der Waals surface area (Å²) < 4.78 is 7.88. The number of nitrogens with zero attached hydrogens (tertiary/aromatic N) is 2. The average Bonchev–Trinajstić information content (AvgIpc) is 2.97. The lowest BCUT2D eigenvalue weighted by molar-refractivity contribution is -0.0391. The normalized spacial score (nSPS) is 26.0. The van der Waals surface area contributed by atoms with Crippen LogP contribution in [0.4, 0.5) is 0 Å². The van der Waals surface area contributed by atoms with Gasteiger partial charge in [-0.25, -0.2) is 0 Å². The third-order valence-electron chi connectivity index (χ3n) is 4.52. The van der Waals surface area contributed by atoms with Gasteiger partial charge in [-0.2, -0.15) is 0 Å². The molecular weight excluding hydrogens is 240 g/mol. The summed E-state index contributed by atoms with van der Waals surface area (Å²) in [6.45, 7) is 4.76. The minimum absolute atomic E-state index is 0.0599. The standard InChI is InChI=1S/C15H22N2O2/c1-12-10-15(19-11-12)5-8-17(9-6-15)14(18)13-4-3-7-16(13)2/h3-4,7,12H,5-6,8-11H2,1-2H3/t12-/m1/s1. The first-order valence-electron chi connectivity index (χ1n) is 7.14. The fourth-order valence-electron chi connectivity index (χ4n) is 3.38. The molecule has 1 atom stereocenters. The first-order valence-corrected chi connectivity index (χ1v) is 7.14. The molecule has 1 amide bonds. The molecule has 2 aliphatic heterocycles. The molecule has 2 saturated heterocycles. The number of amides is 1. The Labute approximate surface area is 114 Å². The van der Waals surface area contributed by atoms with Gasteiger partial charge in [0.1, 0.15) is 5.69 Å². The van der Waals surface area contributed by atoms with Crippen LogP contribution in [0.25, 0.3) is 0 Å². The number of aromatic nitrogens is 1. The van der Waals surface area contributed by atoms with Gasteiger partial charge in [0.05, 0.1) is 5.60 Å². The number of carbonyl (C=O) groups is 1. The van der Waals surface area contributed by atoms with E-state index in [0.29, 0.717) is 5.92 Å². The van der Waals surface area contributed by atoms with Crippen LogP contribution in [0.15, 0.2) is 18.3 Å². The molecule has 3 heterocycles. The summed E-state index contributed by atoms with van der Waals surface area (Å²) >= 11 is 0. The van der Waals surface area contributed by atoms with Gasteiger partial charge < -0.3 is 14.2 Å². The number of rotatable bonds is 1. The van der Waals surface area contributed by atoms with Gasteiger partial charge in [-0.05, 0) is 37.3 Å². The van der Waals surface area contributed by atoms with Gasteiger partial charge in [-0.15, -0.1) is 0 Å². The second-order valence-electron chi connectivity index (χ2n) is 6.10. The van der Waals surface area contributed by atoms with Crippen LogP contribution in [0, 0.1) is 5.92 Å². The molecule has 1 spiro atoms. The second kappa shape index (κ2) is 4.67. The molecule has 0 N–H and O–H groups in total. The average molecular weight is 262 g/mol. The van der Waals surface area contributed by atoms with Crippen molar-refractivity contribution in [1.29, 1.82) is 0 Å². The zero-order valence-corrected chi connectivity index (χ0v) is 11.8. The zero-order chi connectivity index (χ0) is 13.5. The van der Waals surface area contributed by atoms with Gasteiger partial charge in [0, 0.05) is 32.9 Å². The molecule has 1 aromatic heterocycles. The summed E-state index contributed by atoms with van der Waals surface area (Å²) in [5, 5.41) is 0. The molecule has 104 valence electrons.